The highest BCUT2D eigenvalue weighted by molar-refractivity contribution is 6.33. The van der Waals surface area contributed by atoms with Crippen molar-refractivity contribution in [3.8, 4) is 5.75 Å². The second kappa shape index (κ2) is 6.12. The van der Waals surface area contributed by atoms with Crippen LogP contribution >= 0.6 is 11.6 Å². The number of nitrogens with two attached hydrogens (primary N) is 1. The Hall–Kier alpha value is -2.21. The second-order valence-electron chi connectivity index (χ2n) is 5.76. The quantitative estimate of drug-likeness (QED) is 0.874. The molecule has 0 spiro atoms. The highest BCUT2D eigenvalue weighted by Gasteiger charge is 2.30. The van der Waals surface area contributed by atoms with Crippen molar-refractivity contribution in [3.05, 3.63) is 40.7 Å². The Balaban J connectivity index is 1.81. The molecule has 122 valence electrons. The van der Waals surface area contributed by atoms with E-state index in [1.165, 1.54) is 7.11 Å². The lowest BCUT2D eigenvalue weighted by atomic mass is 10.0. The van der Waals surface area contributed by atoms with Crippen LogP contribution in [0.3, 0.4) is 0 Å². The lowest BCUT2D eigenvalue weighted by Gasteiger charge is -2.18. The first-order valence-electron chi connectivity index (χ1n) is 7.40. The topological polar surface area (TPSA) is 73.4 Å². The van der Waals surface area contributed by atoms with E-state index in [9.17, 15) is 4.79 Å². The number of hydrogen-bond donors (Lipinski definition) is 1. The molecule has 1 aromatic carbocycles. The molecule has 2 heterocycles. The van der Waals surface area contributed by atoms with Crippen LogP contribution in [0.1, 0.15) is 28.3 Å². The van der Waals surface area contributed by atoms with Crippen molar-refractivity contribution in [1.82, 2.24) is 14.7 Å². The van der Waals surface area contributed by atoms with Gasteiger partial charge in [0.05, 0.1) is 29.6 Å². The Morgan fingerprint density at radius 3 is 2.91 bits per heavy atom. The number of halogens is 1. The molecule has 0 aliphatic carbocycles. The van der Waals surface area contributed by atoms with Gasteiger partial charge in [0.25, 0.3) is 5.91 Å². The van der Waals surface area contributed by atoms with E-state index in [0.29, 0.717) is 41.0 Å². The van der Waals surface area contributed by atoms with Gasteiger partial charge in [0.15, 0.2) is 0 Å². The third-order valence-electron chi connectivity index (χ3n) is 4.22. The number of aryl methyl sites for hydroxylation is 1. The highest BCUT2D eigenvalue weighted by Crippen LogP contribution is 2.32. The van der Waals surface area contributed by atoms with Crippen molar-refractivity contribution in [2.24, 2.45) is 7.05 Å². The number of amides is 1. The fourth-order valence-corrected chi connectivity index (χ4v) is 3.11. The predicted molar refractivity (Wildman–Crippen MR) is 88.9 cm³/mol. The summed E-state index contributed by atoms with van der Waals surface area (Å²) in [6, 6.07) is 3.17. The number of rotatable bonds is 3. The van der Waals surface area contributed by atoms with Crippen LogP contribution in [0.4, 0.5) is 5.69 Å². The van der Waals surface area contributed by atoms with E-state index in [1.807, 2.05) is 24.3 Å². The molecule has 2 aromatic rings. The van der Waals surface area contributed by atoms with E-state index >= 15 is 0 Å². The lowest BCUT2D eigenvalue weighted by Crippen LogP contribution is -2.28. The fraction of sp³-hybridized carbons (Fsp3) is 0.375. The Morgan fingerprint density at radius 1 is 1.48 bits per heavy atom. The molecule has 2 N–H and O–H groups in total. The molecule has 1 atom stereocenters. The number of nitrogens with zero attached hydrogens (tertiary/aromatic N) is 3. The highest BCUT2D eigenvalue weighted by atomic mass is 35.5. The molecule has 3 rings (SSSR count). The fourth-order valence-electron chi connectivity index (χ4n) is 2.94. The molecule has 1 saturated heterocycles. The summed E-state index contributed by atoms with van der Waals surface area (Å²) < 4.78 is 7.06. The number of anilines is 1. The van der Waals surface area contributed by atoms with Crippen LogP contribution < -0.4 is 10.5 Å². The zero-order valence-corrected chi connectivity index (χ0v) is 13.9. The molecule has 1 amide bonds. The van der Waals surface area contributed by atoms with Crippen molar-refractivity contribution in [3.63, 3.8) is 0 Å². The van der Waals surface area contributed by atoms with E-state index in [-0.39, 0.29) is 5.91 Å². The van der Waals surface area contributed by atoms with E-state index in [1.54, 1.807) is 16.8 Å². The third kappa shape index (κ3) is 2.99. The van der Waals surface area contributed by atoms with Crippen LogP contribution in [-0.2, 0) is 7.05 Å². The van der Waals surface area contributed by atoms with Crippen LogP contribution in [0.15, 0.2) is 24.5 Å². The number of methoxy groups -OCH3 is 1. The zero-order valence-electron chi connectivity index (χ0n) is 13.1. The summed E-state index contributed by atoms with van der Waals surface area (Å²) >= 11 is 6.06. The van der Waals surface area contributed by atoms with Crippen molar-refractivity contribution in [2.75, 3.05) is 25.9 Å². The van der Waals surface area contributed by atoms with E-state index in [2.05, 4.69) is 5.10 Å². The number of benzene rings is 1. The van der Waals surface area contributed by atoms with Gasteiger partial charge in [-0.2, -0.15) is 5.10 Å². The van der Waals surface area contributed by atoms with Crippen LogP contribution in [0.25, 0.3) is 0 Å². The maximum Gasteiger partial charge on any atom is 0.257 e. The number of ether oxygens (including phenoxy) is 1. The smallest absolute Gasteiger partial charge is 0.257 e. The summed E-state index contributed by atoms with van der Waals surface area (Å²) in [4.78, 5) is 14.6. The van der Waals surface area contributed by atoms with Gasteiger partial charge >= 0.3 is 0 Å². The van der Waals surface area contributed by atoms with Gasteiger partial charge in [-0.25, -0.2) is 0 Å². The van der Waals surface area contributed by atoms with Gasteiger partial charge in [-0.15, -0.1) is 0 Å². The molecule has 0 saturated carbocycles. The first-order chi connectivity index (χ1) is 11.0. The van der Waals surface area contributed by atoms with Gasteiger partial charge in [0, 0.05) is 38.3 Å². The number of hydrogen-bond acceptors (Lipinski definition) is 4. The maximum atomic E-state index is 12.8. The molecule has 0 bridgehead atoms. The summed E-state index contributed by atoms with van der Waals surface area (Å²) in [5.41, 5.74) is 7.77. The van der Waals surface area contributed by atoms with Gasteiger partial charge in [-0.05, 0) is 18.1 Å². The van der Waals surface area contributed by atoms with Gasteiger partial charge in [-0.3, -0.25) is 9.48 Å². The third-order valence-corrected chi connectivity index (χ3v) is 4.55. The molecule has 6 nitrogen and oxygen atoms in total. The Kier molecular flexibility index (Phi) is 4.17. The van der Waals surface area contributed by atoms with E-state index in [4.69, 9.17) is 22.1 Å². The average molecular weight is 335 g/mol. The predicted octanol–water partition coefficient (Wildman–Crippen LogP) is 2.29. The van der Waals surface area contributed by atoms with E-state index in [0.717, 1.165) is 12.0 Å². The number of carbonyl (C=O) groups is 1. The summed E-state index contributed by atoms with van der Waals surface area (Å²) in [6.45, 7) is 1.36. The molecule has 1 fully saturated rings. The summed E-state index contributed by atoms with van der Waals surface area (Å²) in [5.74, 6) is 0.666. The Bertz CT molecular complexity index is 744. The molecule has 1 aliphatic rings. The number of aromatic nitrogens is 2. The molecule has 1 unspecified atom stereocenters. The van der Waals surface area contributed by atoms with E-state index < -0.39 is 0 Å². The number of nitrogen functional groups attached to an aromatic ring is 1. The Morgan fingerprint density at radius 2 is 2.26 bits per heavy atom. The lowest BCUT2D eigenvalue weighted by molar-refractivity contribution is 0.0787. The molecular formula is C16H19ClN4O2. The van der Waals surface area contributed by atoms with Crippen molar-refractivity contribution >= 4 is 23.2 Å². The van der Waals surface area contributed by atoms with Crippen molar-refractivity contribution in [2.45, 2.75) is 12.3 Å². The number of carbonyl (C=O) groups excluding carboxylic acids is 1. The first kappa shape index (κ1) is 15.7. The SMILES string of the molecule is COc1cc(N)c(Cl)cc1C(=O)N1CCC(c2cnn(C)c2)C1. The average Bonchev–Trinajstić information content (AvgIpc) is 3.17. The first-order valence-corrected chi connectivity index (χ1v) is 7.78. The number of likely N-dealkylation sites (tertiary alicyclic amines) is 1. The normalized spacial score (nSPS) is 17.5. The van der Waals surface area contributed by atoms with Crippen LogP contribution in [0, 0.1) is 0 Å². The van der Waals surface area contributed by atoms with Crippen LogP contribution in [0.5, 0.6) is 5.75 Å². The minimum Gasteiger partial charge on any atom is -0.496 e. The van der Waals surface area contributed by atoms with Gasteiger partial charge < -0.3 is 15.4 Å². The van der Waals surface area contributed by atoms with Crippen LogP contribution in [-0.4, -0.2) is 40.8 Å². The summed E-state index contributed by atoms with van der Waals surface area (Å²) in [7, 11) is 3.41. The minimum atomic E-state index is -0.0878. The zero-order chi connectivity index (χ0) is 16.6. The molecule has 7 heteroatoms. The molecular weight excluding hydrogens is 316 g/mol. The Labute approximate surface area is 139 Å². The summed E-state index contributed by atoms with van der Waals surface area (Å²) in [5, 5.41) is 4.56. The van der Waals surface area contributed by atoms with Crippen molar-refractivity contribution in [1.29, 1.82) is 0 Å². The molecule has 1 aliphatic heterocycles. The standard InChI is InChI=1S/C16H19ClN4O2/c1-20-8-11(7-19-20)10-3-4-21(9-10)16(22)12-5-13(17)14(18)6-15(12)23-2/h5-8,10H,3-4,9,18H2,1-2H3. The van der Waals surface area contributed by atoms with Gasteiger partial charge in [-0.1, -0.05) is 11.6 Å². The van der Waals surface area contributed by atoms with Gasteiger partial charge in [0.1, 0.15) is 5.75 Å². The monoisotopic (exact) mass is 334 g/mol. The molecule has 1 aromatic heterocycles. The van der Waals surface area contributed by atoms with Crippen molar-refractivity contribution < 1.29 is 9.53 Å². The summed E-state index contributed by atoms with van der Waals surface area (Å²) in [6.07, 6.45) is 4.78. The van der Waals surface area contributed by atoms with Gasteiger partial charge in [0.2, 0.25) is 0 Å². The molecule has 23 heavy (non-hydrogen) atoms. The molecule has 0 radical (unpaired) electrons. The maximum absolute atomic E-state index is 12.8. The minimum absolute atomic E-state index is 0.0878. The van der Waals surface area contributed by atoms with Crippen LogP contribution in [0.2, 0.25) is 5.02 Å². The second-order valence-corrected chi connectivity index (χ2v) is 6.17. The largest absolute Gasteiger partial charge is 0.496 e.